The molecule has 0 N–H and O–H groups in total. The Morgan fingerprint density at radius 2 is 2.38 bits per heavy atom. The zero-order chi connectivity index (χ0) is 11.4. The molecular formula is C13H20N2S. The standard InChI is InChI=1S/C13H20N2S/c1-15(10-11-5-4-8-14-9-11)12-6-3-7-13(12)16-2/h4-5,8-9,12-13H,3,6-7,10H2,1-2H3/t12-,13-/m0/s1. The molecule has 88 valence electrons. The normalized spacial score (nSPS) is 25.2. The van der Waals surface area contributed by atoms with Crippen LogP contribution >= 0.6 is 11.8 Å². The van der Waals surface area contributed by atoms with E-state index < -0.39 is 0 Å². The number of rotatable bonds is 4. The average molecular weight is 236 g/mol. The van der Waals surface area contributed by atoms with Gasteiger partial charge in [-0.15, -0.1) is 0 Å². The molecule has 1 aliphatic carbocycles. The Balaban J connectivity index is 1.95. The molecule has 3 heteroatoms. The first-order chi connectivity index (χ1) is 7.81. The molecule has 0 amide bonds. The molecule has 16 heavy (non-hydrogen) atoms. The molecule has 1 aromatic rings. The maximum Gasteiger partial charge on any atom is 0.0312 e. The van der Waals surface area contributed by atoms with Crippen molar-refractivity contribution in [2.24, 2.45) is 0 Å². The zero-order valence-corrected chi connectivity index (χ0v) is 10.9. The summed E-state index contributed by atoms with van der Waals surface area (Å²) >= 11 is 2.02. The van der Waals surface area contributed by atoms with E-state index in [2.05, 4.69) is 29.3 Å². The fourth-order valence-corrected chi connectivity index (χ4v) is 3.64. The van der Waals surface area contributed by atoms with Gasteiger partial charge in [0.2, 0.25) is 0 Å². The van der Waals surface area contributed by atoms with Gasteiger partial charge in [0.25, 0.3) is 0 Å². The summed E-state index contributed by atoms with van der Waals surface area (Å²) in [7, 11) is 2.24. The lowest BCUT2D eigenvalue weighted by Gasteiger charge is -2.28. The molecule has 1 saturated carbocycles. The van der Waals surface area contributed by atoms with Crippen molar-refractivity contribution in [2.75, 3.05) is 13.3 Å². The molecule has 1 fully saturated rings. The lowest BCUT2D eigenvalue weighted by molar-refractivity contribution is 0.241. The van der Waals surface area contributed by atoms with Crippen molar-refractivity contribution < 1.29 is 0 Å². The molecule has 0 saturated heterocycles. The number of hydrogen-bond acceptors (Lipinski definition) is 3. The van der Waals surface area contributed by atoms with Gasteiger partial charge in [-0.05, 0) is 37.8 Å². The first-order valence-electron chi connectivity index (χ1n) is 5.93. The topological polar surface area (TPSA) is 16.1 Å². The molecule has 2 rings (SSSR count). The molecule has 0 bridgehead atoms. The van der Waals surface area contributed by atoms with Gasteiger partial charge >= 0.3 is 0 Å². The minimum atomic E-state index is 0.746. The maximum absolute atomic E-state index is 4.17. The lowest BCUT2D eigenvalue weighted by atomic mass is 10.2. The van der Waals surface area contributed by atoms with E-state index in [0.29, 0.717) is 0 Å². The summed E-state index contributed by atoms with van der Waals surface area (Å²) in [6.45, 7) is 1.02. The van der Waals surface area contributed by atoms with Crippen LogP contribution in [-0.4, -0.2) is 34.5 Å². The highest BCUT2D eigenvalue weighted by molar-refractivity contribution is 7.99. The molecule has 0 radical (unpaired) electrons. The Kier molecular flexibility index (Phi) is 4.24. The molecule has 1 heterocycles. The van der Waals surface area contributed by atoms with Crippen molar-refractivity contribution in [1.29, 1.82) is 0 Å². The summed E-state index contributed by atoms with van der Waals surface area (Å²) in [5.74, 6) is 0. The Bertz CT molecular complexity index is 315. The van der Waals surface area contributed by atoms with Gasteiger partial charge in [-0.25, -0.2) is 0 Å². The van der Waals surface area contributed by atoms with E-state index in [1.54, 1.807) is 0 Å². The Morgan fingerprint density at radius 3 is 3.06 bits per heavy atom. The number of hydrogen-bond donors (Lipinski definition) is 0. The van der Waals surface area contributed by atoms with Crippen molar-refractivity contribution in [3.63, 3.8) is 0 Å². The maximum atomic E-state index is 4.17. The second-order valence-corrected chi connectivity index (χ2v) is 5.63. The third-order valence-electron chi connectivity index (χ3n) is 3.44. The van der Waals surface area contributed by atoms with Crippen LogP contribution < -0.4 is 0 Å². The zero-order valence-electron chi connectivity index (χ0n) is 10.1. The van der Waals surface area contributed by atoms with E-state index in [-0.39, 0.29) is 0 Å². The fraction of sp³-hybridized carbons (Fsp3) is 0.615. The molecule has 0 aromatic carbocycles. The molecular weight excluding hydrogens is 216 g/mol. The van der Waals surface area contributed by atoms with Gasteiger partial charge in [-0.3, -0.25) is 9.88 Å². The predicted octanol–water partition coefficient (Wildman–Crippen LogP) is 2.80. The van der Waals surface area contributed by atoms with Gasteiger partial charge in [0.05, 0.1) is 0 Å². The SMILES string of the molecule is CS[C@H]1CCC[C@@H]1N(C)Cc1cccnc1. The highest BCUT2D eigenvalue weighted by Gasteiger charge is 2.29. The van der Waals surface area contributed by atoms with Crippen LogP contribution in [0.2, 0.25) is 0 Å². The summed E-state index contributed by atoms with van der Waals surface area (Å²) in [6, 6.07) is 4.92. The smallest absolute Gasteiger partial charge is 0.0312 e. The Labute approximate surface area is 102 Å². The second kappa shape index (κ2) is 5.69. The highest BCUT2D eigenvalue weighted by Crippen LogP contribution is 2.32. The molecule has 1 aliphatic rings. The largest absolute Gasteiger partial charge is 0.298 e. The Morgan fingerprint density at radius 1 is 1.50 bits per heavy atom. The summed E-state index contributed by atoms with van der Waals surface area (Å²) < 4.78 is 0. The van der Waals surface area contributed by atoms with Gasteiger partial charge in [0.15, 0.2) is 0 Å². The molecule has 2 nitrogen and oxygen atoms in total. The third kappa shape index (κ3) is 2.77. The van der Waals surface area contributed by atoms with E-state index >= 15 is 0 Å². The van der Waals surface area contributed by atoms with Crippen molar-refractivity contribution in [3.8, 4) is 0 Å². The number of thioether (sulfide) groups is 1. The summed E-state index contributed by atoms with van der Waals surface area (Å²) in [6.07, 6.45) is 10.2. The predicted molar refractivity (Wildman–Crippen MR) is 70.6 cm³/mol. The van der Waals surface area contributed by atoms with Gasteiger partial charge in [-0.2, -0.15) is 11.8 Å². The number of nitrogens with zero attached hydrogens (tertiary/aromatic N) is 2. The molecule has 0 aliphatic heterocycles. The number of pyridine rings is 1. The Hall–Kier alpha value is -0.540. The molecule has 2 atom stereocenters. The van der Waals surface area contributed by atoms with Crippen molar-refractivity contribution in [1.82, 2.24) is 9.88 Å². The quantitative estimate of drug-likeness (QED) is 0.799. The van der Waals surface area contributed by atoms with E-state index in [1.807, 2.05) is 30.2 Å². The van der Waals surface area contributed by atoms with E-state index in [9.17, 15) is 0 Å². The first kappa shape index (κ1) is 11.9. The minimum Gasteiger partial charge on any atom is -0.298 e. The highest BCUT2D eigenvalue weighted by atomic mass is 32.2. The average Bonchev–Trinajstić information content (AvgIpc) is 2.78. The van der Waals surface area contributed by atoms with Crippen LogP contribution in [-0.2, 0) is 6.54 Å². The van der Waals surface area contributed by atoms with Crippen LogP contribution in [0, 0.1) is 0 Å². The van der Waals surface area contributed by atoms with E-state index in [4.69, 9.17) is 0 Å². The monoisotopic (exact) mass is 236 g/mol. The summed E-state index contributed by atoms with van der Waals surface area (Å²) in [4.78, 5) is 6.66. The summed E-state index contributed by atoms with van der Waals surface area (Å²) in [5.41, 5.74) is 1.32. The van der Waals surface area contributed by atoms with Crippen LogP contribution in [0.25, 0.3) is 0 Å². The minimum absolute atomic E-state index is 0.746. The second-order valence-electron chi connectivity index (χ2n) is 4.55. The fourth-order valence-electron chi connectivity index (χ4n) is 2.58. The van der Waals surface area contributed by atoms with Crippen LogP contribution in [0.5, 0.6) is 0 Å². The van der Waals surface area contributed by atoms with Crippen LogP contribution in [0.15, 0.2) is 24.5 Å². The van der Waals surface area contributed by atoms with Gasteiger partial charge in [0.1, 0.15) is 0 Å². The van der Waals surface area contributed by atoms with Crippen LogP contribution in [0.1, 0.15) is 24.8 Å². The van der Waals surface area contributed by atoms with E-state index in [0.717, 1.165) is 17.8 Å². The van der Waals surface area contributed by atoms with Crippen LogP contribution in [0.3, 0.4) is 0 Å². The van der Waals surface area contributed by atoms with Gasteiger partial charge in [-0.1, -0.05) is 12.5 Å². The molecule has 0 unspecified atom stereocenters. The molecule has 1 aromatic heterocycles. The van der Waals surface area contributed by atoms with Gasteiger partial charge < -0.3 is 0 Å². The first-order valence-corrected chi connectivity index (χ1v) is 7.22. The van der Waals surface area contributed by atoms with Crippen molar-refractivity contribution >= 4 is 11.8 Å². The van der Waals surface area contributed by atoms with Crippen molar-refractivity contribution in [2.45, 2.75) is 37.1 Å². The third-order valence-corrected chi connectivity index (χ3v) is 4.60. The van der Waals surface area contributed by atoms with Crippen molar-refractivity contribution in [3.05, 3.63) is 30.1 Å². The number of aromatic nitrogens is 1. The van der Waals surface area contributed by atoms with Gasteiger partial charge in [0, 0.05) is 30.2 Å². The van der Waals surface area contributed by atoms with E-state index in [1.165, 1.54) is 24.8 Å². The van der Waals surface area contributed by atoms with Crippen LogP contribution in [0.4, 0.5) is 0 Å². The molecule has 0 spiro atoms. The lowest BCUT2D eigenvalue weighted by Crippen LogP contribution is -2.35. The summed E-state index contributed by atoms with van der Waals surface area (Å²) in [5, 5.41) is 0.821.